The van der Waals surface area contributed by atoms with E-state index < -0.39 is 31.1 Å². The molecule has 1 aliphatic heterocycles. The van der Waals surface area contributed by atoms with Crippen LogP contribution in [0, 0.1) is 0 Å². The second-order valence-corrected chi connectivity index (χ2v) is 6.84. The van der Waals surface area contributed by atoms with Gasteiger partial charge >= 0.3 is 0 Å². The topological polar surface area (TPSA) is 129 Å². The molecular weight excluding hydrogens is 364 g/mol. The van der Waals surface area contributed by atoms with E-state index in [2.05, 4.69) is 20.3 Å². The number of nitrogens with one attached hydrogen (secondary N) is 1. The number of benzene rings is 1. The molecule has 0 bridgehead atoms. The molecule has 1 saturated heterocycles. The van der Waals surface area contributed by atoms with Gasteiger partial charge in [0.1, 0.15) is 24.6 Å². The lowest BCUT2D eigenvalue weighted by atomic mass is 10.1. The Hall–Kier alpha value is -2.79. The summed E-state index contributed by atoms with van der Waals surface area (Å²) >= 11 is 0. The summed E-state index contributed by atoms with van der Waals surface area (Å²) in [6, 6.07) is 7.84. The molecule has 10 nitrogen and oxygen atoms in total. The molecule has 2 aromatic heterocycles. The fraction of sp³-hybridized carbons (Fsp3) is 0.389. The van der Waals surface area contributed by atoms with Gasteiger partial charge in [-0.15, -0.1) is 0 Å². The predicted molar refractivity (Wildman–Crippen MR) is 102 cm³/mol. The van der Waals surface area contributed by atoms with Crippen molar-refractivity contribution in [3.8, 4) is 0 Å². The molecule has 3 aromatic rings. The van der Waals surface area contributed by atoms with Crippen LogP contribution in [0.5, 0.6) is 0 Å². The van der Waals surface area contributed by atoms with E-state index in [0.717, 1.165) is 11.4 Å². The van der Waals surface area contributed by atoms with Crippen LogP contribution >= 0.6 is 0 Å². The van der Waals surface area contributed by atoms with Gasteiger partial charge in [0.25, 0.3) is 0 Å². The van der Waals surface area contributed by atoms with Gasteiger partial charge in [-0.2, -0.15) is 0 Å². The minimum Gasteiger partial charge on any atom is -0.394 e. The molecule has 0 amide bonds. The van der Waals surface area contributed by atoms with Gasteiger partial charge < -0.3 is 30.3 Å². The number of aliphatic hydroxyl groups excluding tert-OH is 3. The largest absolute Gasteiger partial charge is 0.394 e. The maximum Gasteiger partial charge on any atom is 0.167 e. The SMILES string of the molecule is CN(C)c1ccc(Nc2ncnc3c2ncn3[C@@H]2O[C@H](CO)[C@@H](O)[C@H]2O)cc1. The Bertz CT molecular complexity index is 960. The van der Waals surface area contributed by atoms with Gasteiger partial charge in [0.15, 0.2) is 23.2 Å². The maximum absolute atomic E-state index is 10.3. The molecule has 4 N–H and O–H groups in total. The summed E-state index contributed by atoms with van der Waals surface area (Å²) in [4.78, 5) is 14.9. The number of rotatable bonds is 5. The van der Waals surface area contributed by atoms with Gasteiger partial charge in [-0.1, -0.05) is 0 Å². The summed E-state index contributed by atoms with van der Waals surface area (Å²) in [6.45, 7) is -0.397. The van der Waals surface area contributed by atoms with E-state index in [1.54, 1.807) is 0 Å². The lowest BCUT2D eigenvalue weighted by Gasteiger charge is -2.16. The summed E-state index contributed by atoms with van der Waals surface area (Å²) in [5.74, 6) is 0.507. The number of fused-ring (bicyclic) bond motifs is 1. The first-order chi connectivity index (χ1) is 13.5. The van der Waals surface area contributed by atoms with E-state index in [-0.39, 0.29) is 0 Å². The van der Waals surface area contributed by atoms with Crippen LogP contribution in [0.25, 0.3) is 11.2 Å². The first kappa shape index (κ1) is 18.6. The number of hydrogen-bond donors (Lipinski definition) is 4. The van der Waals surface area contributed by atoms with Gasteiger partial charge in [0, 0.05) is 25.5 Å². The highest BCUT2D eigenvalue weighted by Gasteiger charge is 2.44. The van der Waals surface area contributed by atoms with Crippen LogP contribution in [0.15, 0.2) is 36.9 Å². The number of imidazole rings is 1. The number of hydrogen-bond acceptors (Lipinski definition) is 9. The van der Waals surface area contributed by atoms with Crippen molar-refractivity contribution in [2.75, 3.05) is 30.9 Å². The minimum absolute atomic E-state index is 0.397. The van der Waals surface area contributed by atoms with Crippen molar-refractivity contribution in [1.82, 2.24) is 19.5 Å². The average molecular weight is 386 g/mol. The molecule has 0 aliphatic carbocycles. The molecule has 0 unspecified atom stereocenters. The Morgan fingerprint density at radius 2 is 1.86 bits per heavy atom. The smallest absolute Gasteiger partial charge is 0.167 e. The van der Waals surface area contributed by atoms with Crippen molar-refractivity contribution >= 4 is 28.4 Å². The van der Waals surface area contributed by atoms with E-state index in [4.69, 9.17) is 4.74 Å². The van der Waals surface area contributed by atoms with Crippen molar-refractivity contribution < 1.29 is 20.1 Å². The van der Waals surface area contributed by atoms with Crippen LogP contribution in [0.1, 0.15) is 6.23 Å². The summed E-state index contributed by atoms with van der Waals surface area (Å²) < 4.78 is 7.10. The Labute approximate surface area is 161 Å². The molecule has 10 heteroatoms. The second kappa shape index (κ2) is 7.32. The number of ether oxygens (including phenoxy) is 1. The van der Waals surface area contributed by atoms with Crippen molar-refractivity contribution in [1.29, 1.82) is 0 Å². The fourth-order valence-corrected chi connectivity index (χ4v) is 3.22. The molecule has 1 fully saturated rings. The molecule has 0 spiro atoms. The van der Waals surface area contributed by atoms with Crippen LogP contribution in [0.2, 0.25) is 0 Å². The monoisotopic (exact) mass is 386 g/mol. The fourth-order valence-electron chi connectivity index (χ4n) is 3.22. The molecular formula is C18H22N6O4. The molecule has 28 heavy (non-hydrogen) atoms. The number of anilines is 3. The highest BCUT2D eigenvalue weighted by molar-refractivity contribution is 5.85. The Kier molecular flexibility index (Phi) is 4.85. The van der Waals surface area contributed by atoms with Crippen molar-refractivity contribution in [3.05, 3.63) is 36.9 Å². The van der Waals surface area contributed by atoms with Crippen molar-refractivity contribution in [2.45, 2.75) is 24.5 Å². The summed E-state index contributed by atoms with van der Waals surface area (Å²) in [7, 11) is 3.95. The van der Waals surface area contributed by atoms with Gasteiger partial charge in [0.2, 0.25) is 0 Å². The number of aromatic nitrogens is 4. The molecule has 4 atom stereocenters. The van der Waals surface area contributed by atoms with E-state index in [9.17, 15) is 15.3 Å². The van der Waals surface area contributed by atoms with Crippen LogP contribution in [-0.4, -0.2) is 73.9 Å². The van der Waals surface area contributed by atoms with Gasteiger partial charge in [-0.25, -0.2) is 15.0 Å². The zero-order valence-corrected chi connectivity index (χ0v) is 15.5. The first-order valence-corrected chi connectivity index (χ1v) is 8.84. The Balaban J connectivity index is 1.64. The highest BCUT2D eigenvalue weighted by atomic mass is 16.6. The van der Waals surface area contributed by atoms with E-state index >= 15 is 0 Å². The molecule has 1 aromatic carbocycles. The summed E-state index contributed by atoms with van der Waals surface area (Å²) in [6.07, 6.45) is -1.31. The Morgan fingerprint density at radius 3 is 2.50 bits per heavy atom. The lowest BCUT2D eigenvalue weighted by molar-refractivity contribution is -0.0511. The van der Waals surface area contributed by atoms with E-state index in [1.807, 2.05) is 43.3 Å². The zero-order valence-electron chi connectivity index (χ0n) is 15.5. The molecule has 0 radical (unpaired) electrons. The van der Waals surface area contributed by atoms with Gasteiger partial charge in [-0.05, 0) is 24.3 Å². The normalized spacial score (nSPS) is 24.6. The third kappa shape index (κ3) is 3.16. The molecule has 0 saturated carbocycles. The summed E-state index contributed by atoms with van der Waals surface area (Å²) in [5, 5.41) is 32.8. The standard InChI is InChI=1S/C18H22N6O4/c1-23(2)11-5-3-10(4-6-11)22-16-13-17(20-8-19-16)24(9-21-13)18-15(27)14(26)12(7-25)28-18/h3-6,8-9,12,14-15,18,25-27H,7H2,1-2H3,(H,19,20,22)/t12-,14-,15-,18-/m1/s1. The van der Waals surface area contributed by atoms with Crippen molar-refractivity contribution in [2.24, 2.45) is 0 Å². The third-order valence-corrected chi connectivity index (χ3v) is 4.80. The quantitative estimate of drug-likeness (QED) is 0.487. The molecule has 1 aliphatic rings. The first-order valence-electron chi connectivity index (χ1n) is 8.84. The van der Waals surface area contributed by atoms with E-state index in [0.29, 0.717) is 17.0 Å². The lowest BCUT2D eigenvalue weighted by Crippen LogP contribution is -2.33. The predicted octanol–water partition coefficient (Wildman–Crippen LogP) is 0.247. The van der Waals surface area contributed by atoms with Crippen LogP contribution in [0.3, 0.4) is 0 Å². The highest BCUT2D eigenvalue weighted by Crippen LogP contribution is 2.32. The Morgan fingerprint density at radius 1 is 1.11 bits per heavy atom. The average Bonchev–Trinajstić information content (AvgIpc) is 3.24. The number of nitrogens with zero attached hydrogens (tertiary/aromatic N) is 5. The van der Waals surface area contributed by atoms with Gasteiger partial charge in [-0.3, -0.25) is 4.57 Å². The van der Waals surface area contributed by atoms with Gasteiger partial charge in [0.05, 0.1) is 12.9 Å². The van der Waals surface area contributed by atoms with Crippen molar-refractivity contribution in [3.63, 3.8) is 0 Å². The van der Waals surface area contributed by atoms with E-state index in [1.165, 1.54) is 17.2 Å². The van der Waals surface area contributed by atoms with Crippen LogP contribution in [-0.2, 0) is 4.74 Å². The zero-order chi connectivity index (χ0) is 19.8. The minimum atomic E-state index is -1.21. The molecule has 3 heterocycles. The van der Waals surface area contributed by atoms with Crippen LogP contribution < -0.4 is 10.2 Å². The summed E-state index contributed by atoms with van der Waals surface area (Å²) in [5.41, 5.74) is 2.86. The maximum atomic E-state index is 10.3. The van der Waals surface area contributed by atoms with Crippen LogP contribution in [0.4, 0.5) is 17.2 Å². The molecule has 148 valence electrons. The third-order valence-electron chi connectivity index (χ3n) is 4.80. The number of aliphatic hydroxyl groups is 3. The molecule has 4 rings (SSSR count). The second-order valence-electron chi connectivity index (χ2n) is 6.84.